The first-order valence-corrected chi connectivity index (χ1v) is 7.10. The Morgan fingerprint density at radius 2 is 2.22 bits per heavy atom. The smallest absolute Gasteiger partial charge is 0.243 e. The highest BCUT2D eigenvalue weighted by Crippen LogP contribution is 2.18. The van der Waals surface area contributed by atoms with Crippen molar-refractivity contribution in [1.29, 1.82) is 0 Å². The summed E-state index contributed by atoms with van der Waals surface area (Å²) in [5, 5.41) is 11.1. The van der Waals surface area contributed by atoms with Gasteiger partial charge >= 0.3 is 0 Å². The summed E-state index contributed by atoms with van der Waals surface area (Å²) in [5.41, 5.74) is 0.858. The number of aromatic nitrogens is 3. The van der Waals surface area contributed by atoms with Gasteiger partial charge in [0, 0.05) is 23.3 Å². The number of halogens is 1. The molecule has 0 unspecified atom stereocenters. The molecule has 0 amide bonds. The first-order chi connectivity index (χ1) is 8.81. The van der Waals surface area contributed by atoms with Gasteiger partial charge < -0.3 is 10.6 Å². The highest BCUT2D eigenvalue weighted by Gasteiger charge is 2.19. The maximum atomic E-state index is 4.40. The molecule has 2 heterocycles. The standard InChI is InChI=1S/C12H16BrN5/c13-9-2-5-11-16-12(17-18(11)8-9)15-7-1-6-14-10-3-4-10/h2,5,8,10,14H,1,3-4,6-7H2,(H,15,17). The molecule has 1 saturated carbocycles. The van der Waals surface area contributed by atoms with Gasteiger partial charge in [-0.15, -0.1) is 5.10 Å². The highest BCUT2D eigenvalue weighted by atomic mass is 79.9. The monoisotopic (exact) mass is 309 g/mol. The van der Waals surface area contributed by atoms with Crippen LogP contribution >= 0.6 is 15.9 Å². The average Bonchev–Trinajstić information content (AvgIpc) is 3.08. The molecule has 0 bridgehead atoms. The molecule has 18 heavy (non-hydrogen) atoms. The number of nitrogens with one attached hydrogen (secondary N) is 2. The molecule has 0 aromatic carbocycles. The van der Waals surface area contributed by atoms with Crippen LogP contribution in [-0.4, -0.2) is 33.7 Å². The quantitative estimate of drug-likeness (QED) is 0.802. The van der Waals surface area contributed by atoms with Gasteiger partial charge in [-0.25, -0.2) is 4.52 Å². The van der Waals surface area contributed by atoms with Gasteiger partial charge in [0.25, 0.3) is 0 Å². The van der Waals surface area contributed by atoms with E-state index < -0.39 is 0 Å². The van der Waals surface area contributed by atoms with Crippen molar-refractivity contribution in [2.75, 3.05) is 18.4 Å². The van der Waals surface area contributed by atoms with Crippen LogP contribution in [0.15, 0.2) is 22.8 Å². The Kier molecular flexibility index (Phi) is 3.47. The van der Waals surface area contributed by atoms with Crippen LogP contribution in [0.25, 0.3) is 5.65 Å². The van der Waals surface area contributed by atoms with E-state index >= 15 is 0 Å². The van der Waals surface area contributed by atoms with Crippen LogP contribution in [0.3, 0.4) is 0 Å². The molecule has 3 rings (SSSR count). The van der Waals surface area contributed by atoms with Crippen molar-refractivity contribution >= 4 is 27.5 Å². The van der Waals surface area contributed by atoms with Crippen molar-refractivity contribution in [3.63, 3.8) is 0 Å². The van der Waals surface area contributed by atoms with Crippen molar-refractivity contribution in [1.82, 2.24) is 19.9 Å². The molecule has 0 aliphatic heterocycles. The second-order valence-electron chi connectivity index (χ2n) is 4.59. The van der Waals surface area contributed by atoms with E-state index in [2.05, 4.69) is 36.6 Å². The topological polar surface area (TPSA) is 54.2 Å². The van der Waals surface area contributed by atoms with Gasteiger partial charge in [0.2, 0.25) is 5.95 Å². The molecule has 2 N–H and O–H groups in total. The molecule has 96 valence electrons. The van der Waals surface area contributed by atoms with E-state index in [1.807, 2.05) is 18.3 Å². The Morgan fingerprint density at radius 1 is 1.33 bits per heavy atom. The number of anilines is 1. The van der Waals surface area contributed by atoms with Crippen molar-refractivity contribution in [3.8, 4) is 0 Å². The molecule has 2 aromatic heterocycles. The van der Waals surface area contributed by atoms with Crippen molar-refractivity contribution in [2.45, 2.75) is 25.3 Å². The summed E-state index contributed by atoms with van der Waals surface area (Å²) >= 11 is 3.42. The Labute approximate surface area is 114 Å². The fraction of sp³-hybridized carbons (Fsp3) is 0.500. The normalized spacial score (nSPS) is 15.2. The molecule has 1 fully saturated rings. The van der Waals surface area contributed by atoms with Gasteiger partial charge in [-0.2, -0.15) is 4.98 Å². The molecular formula is C12H16BrN5. The molecule has 6 heteroatoms. The summed E-state index contributed by atoms with van der Waals surface area (Å²) in [6.07, 6.45) is 5.69. The largest absolute Gasteiger partial charge is 0.353 e. The lowest BCUT2D eigenvalue weighted by atomic mass is 10.4. The van der Waals surface area contributed by atoms with Crippen LogP contribution < -0.4 is 10.6 Å². The SMILES string of the molecule is Brc1ccc2nc(NCCCNC3CC3)nn2c1. The predicted octanol–water partition coefficient (Wildman–Crippen LogP) is 2.05. The lowest BCUT2D eigenvalue weighted by Crippen LogP contribution is -2.20. The van der Waals surface area contributed by atoms with Gasteiger partial charge in [-0.1, -0.05) is 0 Å². The van der Waals surface area contributed by atoms with Crippen molar-refractivity contribution in [3.05, 3.63) is 22.8 Å². The van der Waals surface area contributed by atoms with Crippen LogP contribution in [0.2, 0.25) is 0 Å². The van der Waals surface area contributed by atoms with Crippen LogP contribution in [0.5, 0.6) is 0 Å². The van der Waals surface area contributed by atoms with E-state index in [4.69, 9.17) is 0 Å². The predicted molar refractivity (Wildman–Crippen MR) is 74.8 cm³/mol. The molecule has 0 spiro atoms. The third kappa shape index (κ3) is 3.00. The zero-order chi connectivity index (χ0) is 12.4. The number of nitrogens with zero attached hydrogens (tertiary/aromatic N) is 3. The Balaban J connectivity index is 1.50. The summed E-state index contributed by atoms with van der Waals surface area (Å²) < 4.78 is 2.77. The molecule has 0 saturated heterocycles. The summed E-state index contributed by atoms with van der Waals surface area (Å²) in [7, 11) is 0. The van der Waals surface area contributed by atoms with Gasteiger partial charge in [-0.05, 0) is 53.9 Å². The minimum atomic E-state index is 0.694. The lowest BCUT2D eigenvalue weighted by Gasteiger charge is -2.02. The molecule has 1 aliphatic rings. The molecule has 2 aromatic rings. The molecule has 0 radical (unpaired) electrons. The van der Waals surface area contributed by atoms with Crippen LogP contribution in [-0.2, 0) is 0 Å². The van der Waals surface area contributed by atoms with E-state index in [9.17, 15) is 0 Å². The Morgan fingerprint density at radius 3 is 3.06 bits per heavy atom. The molecule has 5 nitrogen and oxygen atoms in total. The first-order valence-electron chi connectivity index (χ1n) is 6.30. The van der Waals surface area contributed by atoms with Crippen molar-refractivity contribution in [2.24, 2.45) is 0 Å². The van der Waals surface area contributed by atoms with E-state index in [0.717, 1.165) is 35.7 Å². The molecule has 1 aliphatic carbocycles. The van der Waals surface area contributed by atoms with Gasteiger partial charge in [0.1, 0.15) is 0 Å². The third-order valence-electron chi connectivity index (χ3n) is 2.94. The van der Waals surface area contributed by atoms with E-state index in [1.54, 1.807) is 4.52 Å². The second kappa shape index (κ2) is 5.24. The highest BCUT2D eigenvalue weighted by molar-refractivity contribution is 9.10. The van der Waals surface area contributed by atoms with Crippen molar-refractivity contribution < 1.29 is 0 Å². The van der Waals surface area contributed by atoms with Gasteiger partial charge in [0.05, 0.1) is 0 Å². The van der Waals surface area contributed by atoms with E-state index in [0.29, 0.717) is 5.95 Å². The first kappa shape index (κ1) is 11.9. The lowest BCUT2D eigenvalue weighted by molar-refractivity contribution is 0.658. The number of pyridine rings is 1. The zero-order valence-electron chi connectivity index (χ0n) is 10.1. The second-order valence-corrected chi connectivity index (χ2v) is 5.51. The third-order valence-corrected chi connectivity index (χ3v) is 3.41. The maximum Gasteiger partial charge on any atom is 0.243 e. The minimum absolute atomic E-state index is 0.694. The van der Waals surface area contributed by atoms with Crippen LogP contribution in [0, 0.1) is 0 Å². The Hall–Kier alpha value is -1.14. The van der Waals surface area contributed by atoms with E-state index in [-0.39, 0.29) is 0 Å². The van der Waals surface area contributed by atoms with Gasteiger partial charge in [-0.3, -0.25) is 0 Å². The Bertz CT molecular complexity index is 534. The minimum Gasteiger partial charge on any atom is -0.353 e. The fourth-order valence-corrected chi connectivity index (χ4v) is 2.14. The summed E-state index contributed by atoms with van der Waals surface area (Å²) in [5.74, 6) is 0.694. The number of hydrogen-bond donors (Lipinski definition) is 2. The number of fused-ring (bicyclic) bond motifs is 1. The number of rotatable bonds is 6. The number of hydrogen-bond acceptors (Lipinski definition) is 4. The van der Waals surface area contributed by atoms with Gasteiger partial charge in [0.15, 0.2) is 5.65 Å². The molecule has 0 atom stereocenters. The maximum absolute atomic E-state index is 4.40. The van der Waals surface area contributed by atoms with E-state index in [1.165, 1.54) is 12.8 Å². The van der Waals surface area contributed by atoms with Crippen LogP contribution in [0.1, 0.15) is 19.3 Å². The fourth-order valence-electron chi connectivity index (χ4n) is 1.82. The molecular weight excluding hydrogens is 294 g/mol. The summed E-state index contributed by atoms with van der Waals surface area (Å²) in [6.45, 7) is 1.97. The summed E-state index contributed by atoms with van der Waals surface area (Å²) in [4.78, 5) is 4.40. The average molecular weight is 310 g/mol. The summed E-state index contributed by atoms with van der Waals surface area (Å²) in [6, 6.07) is 4.69. The zero-order valence-corrected chi connectivity index (χ0v) is 11.7. The van der Waals surface area contributed by atoms with Crippen LogP contribution in [0.4, 0.5) is 5.95 Å².